The molecule has 4 heteroatoms. The second-order valence-electron chi connectivity index (χ2n) is 5.23. The molecule has 0 saturated heterocycles. The molecule has 1 aromatic carbocycles. The lowest BCUT2D eigenvalue weighted by atomic mass is 9.95. The van der Waals surface area contributed by atoms with Crippen molar-refractivity contribution in [3.05, 3.63) is 52.2 Å². The van der Waals surface area contributed by atoms with Crippen molar-refractivity contribution in [2.45, 2.75) is 33.2 Å². The second-order valence-corrected chi connectivity index (χ2v) is 5.23. The van der Waals surface area contributed by atoms with Crippen molar-refractivity contribution < 1.29 is 13.5 Å². The zero-order valence-corrected chi connectivity index (χ0v) is 13.2. The van der Waals surface area contributed by atoms with Crippen LogP contribution < -0.4 is 10.1 Å². The Hall–Kier alpha value is -1.81. The molecule has 1 unspecified atom stereocenters. The van der Waals surface area contributed by atoms with Crippen LogP contribution in [-0.2, 0) is 6.42 Å². The van der Waals surface area contributed by atoms with Gasteiger partial charge in [-0.1, -0.05) is 12.1 Å². The zero-order valence-electron chi connectivity index (χ0n) is 13.2. The van der Waals surface area contributed by atoms with Crippen LogP contribution in [0.15, 0.2) is 22.6 Å². The maximum Gasteiger partial charge on any atom is 0.168 e. The molecule has 0 saturated carbocycles. The lowest BCUT2D eigenvalue weighted by molar-refractivity contribution is 0.382. The molecule has 0 amide bonds. The van der Waals surface area contributed by atoms with E-state index in [9.17, 15) is 4.39 Å². The van der Waals surface area contributed by atoms with E-state index >= 15 is 0 Å². The number of aryl methyl sites for hydroxylation is 2. The Morgan fingerprint density at radius 1 is 1.24 bits per heavy atom. The first-order chi connectivity index (χ1) is 9.99. The van der Waals surface area contributed by atoms with Gasteiger partial charge >= 0.3 is 0 Å². The highest BCUT2D eigenvalue weighted by molar-refractivity contribution is 5.37. The number of halogens is 1. The topological polar surface area (TPSA) is 34.4 Å². The lowest BCUT2D eigenvalue weighted by Gasteiger charge is -2.18. The summed E-state index contributed by atoms with van der Waals surface area (Å²) < 4.78 is 25.0. The average molecular weight is 291 g/mol. The van der Waals surface area contributed by atoms with Crippen molar-refractivity contribution >= 4 is 0 Å². The Balaban J connectivity index is 2.36. The fraction of sp³-hybridized carbons (Fsp3) is 0.412. The Kier molecular flexibility index (Phi) is 4.68. The molecule has 1 heterocycles. The van der Waals surface area contributed by atoms with Crippen LogP contribution >= 0.6 is 0 Å². The summed E-state index contributed by atoms with van der Waals surface area (Å²) in [5, 5.41) is 3.26. The minimum Gasteiger partial charge on any atom is -0.494 e. The SMILES string of the molecule is CNC(Cc1cccc(OC)c1F)c1c(C)oc(C)c1C. The molecule has 0 aliphatic heterocycles. The highest BCUT2D eigenvalue weighted by Gasteiger charge is 2.22. The summed E-state index contributed by atoms with van der Waals surface area (Å²) in [5.74, 6) is 1.77. The van der Waals surface area contributed by atoms with Gasteiger partial charge in [0.2, 0.25) is 0 Å². The predicted molar refractivity (Wildman–Crippen MR) is 81.4 cm³/mol. The summed E-state index contributed by atoms with van der Waals surface area (Å²) in [4.78, 5) is 0. The number of likely N-dealkylation sites (N-methyl/N-ethyl adjacent to an activating group) is 1. The molecule has 1 N–H and O–H groups in total. The zero-order chi connectivity index (χ0) is 15.6. The first-order valence-corrected chi connectivity index (χ1v) is 7.04. The van der Waals surface area contributed by atoms with E-state index in [0.29, 0.717) is 12.0 Å². The highest BCUT2D eigenvalue weighted by atomic mass is 19.1. The first kappa shape index (κ1) is 15.6. The van der Waals surface area contributed by atoms with Gasteiger partial charge in [0, 0.05) is 11.6 Å². The summed E-state index contributed by atoms with van der Waals surface area (Å²) >= 11 is 0. The molecule has 0 radical (unpaired) electrons. The van der Waals surface area contributed by atoms with Gasteiger partial charge in [0.05, 0.1) is 7.11 Å². The minimum absolute atomic E-state index is 0.00376. The van der Waals surface area contributed by atoms with Crippen molar-refractivity contribution in [1.82, 2.24) is 5.32 Å². The van der Waals surface area contributed by atoms with E-state index in [4.69, 9.17) is 9.15 Å². The largest absolute Gasteiger partial charge is 0.494 e. The summed E-state index contributed by atoms with van der Waals surface area (Å²) in [5.41, 5.74) is 2.86. The molecule has 2 rings (SSSR count). The van der Waals surface area contributed by atoms with Crippen LogP contribution in [0.3, 0.4) is 0 Å². The van der Waals surface area contributed by atoms with Crippen LogP contribution in [0.4, 0.5) is 4.39 Å². The molecular weight excluding hydrogens is 269 g/mol. The summed E-state index contributed by atoms with van der Waals surface area (Å²) in [6.07, 6.45) is 0.542. The number of furan rings is 1. The molecule has 0 spiro atoms. The van der Waals surface area contributed by atoms with Gasteiger partial charge in [-0.2, -0.15) is 0 Å². The number of ether oxygens (including phenoxy) is 1. The lowest BCUT2D eigenvalue weighted by Crippen LogP contribution is -2.20. The predicted octanol–water partition coefficient (Wildman–Crippen LogP) is 3.86. The third kappa shape index (κ3) is 2.95. The summed E-state index contributed by atoms with van der Waals surface area (Å²) in [6.45, 7) is 5.93. The maximum absolute atomic E-state index is 14.3. The molecule has 3 nitrogen and oxygen atoms in total. The molecule has 1 aromatic heterocycles. The van der Waals surface area contributed by atoms with Crippen LogP contribution in [0.2, 0.25) is 0 Å². The van der Waals surface area contributed by atoms with E-state index in [1.807, 2.05) is 33.9 Å². The average Bonchev–Trinajstić information content (AvgIpc) is 2.72. The molecule has 2 aromatic rings. The van der Waals surface area contributed by atoms with E-state index in [2.05, 4.69) is 5.32 Å². The Bertz CT molecular complexity index is 634. The Labute approximate surface area is 125 Å². The van der Waals surface area contributed by atoms with Crippen LogP contribution in [0.25, 0.3) is 0 Å². The Morgan fingerprint density at radius 2 is 1.95 bits per heavy atom. The van der Waals surface area contributed by atoms with Crippen molar-refractivity contribution in [2.24, 2.45) is 0 Å². The van der Waals surface area contributed by atoms with E-state index in [1.165, 1.54) is 7.11 Å². The molecular formula is C17H22FNO2. The van der Waals surface area contributed by atoms with E-state index in [1.54, 1.807) is 12.1 Å². The third-order valence-electron chi connectivity index (χ3n) is 4.00. The number of methoxy groups -OCH3 is 1. The number of rotatable bonds is 5. The number of benzene rings is 1. The standard InChI is InChI=1S/C17H22FNO2/c1-10-11(2)21-12(3)16(10)14(19-4)9-13-7-6-8-15(20-5)17(13)18/h6-8,14,19H,9H2,1-5H3. The molecule has 1 atom stereocenters. The molecule has 21 heavy (non-hydrogen) atoms. The third-order valence-corrected chi connectivity index (χ3v) is 4.00. The van der Waals surface area contributed by atoms with E-state index in [-0.39, 0.29) is 17.6 Å². The fourth-order valence-corrected chi connectivity index (χ4v) is 2.76. The number of hydrogen-bond acceptors (Lipinski definition) is 3. The van der Waals surface area contributed by atoms with Crippen molar-refractivity contribution in [3.8, 4) is 5.75 Å². The van der Waals surface area contributed by atoms with Gasteiger partial charge in [-0.15, -0.1) is 0 Å². The monoisotopic (exact) mass is 291 g/mol. The summed E-state index contributed by atoms with van der Waals surface area (Å²) in [7, 11) is 3.36. The van der Waals surface area contributed by atoms with Crippen LogP contribution in [0.1, 0.15) is 34.3 Å². The van der Waals surface area contributed by atoms with E-state index < -0.39 is 0 Å². The number of nitrogens with one attached hydrogen (secondary N) is 1. The van der Waals surface area contributed by atoms with Crippen LogP contribution in [0.5, 0.6) is 5.75 Å². The number of hydrogen-bond donors (Lipinski definition) is 1. The minimum atomic E-state index is -0.296. The summed E-state index contributed by atoms with van der Waals surface area (Å²) in [6, 6.07) is 5.24. The van der Waals surface area contributed by atoms with Crippen LogP contribution in [-0.4, -0.2) is 14.2 Å². The molecule has 0 fully saturated rings. The van der Waals surface area contributed by atoms with Crippen molar-refractivity contribution in [2.75, 3.05) is 14.2 Å². The Morgan fingerprint density at radius 3 is 2.48 bits per heavy atom. The van der Waals surface area contributed by atoms with Gasteiger partial charge in [0.15, 0.2) is 11.6 Å². The molecule has 0 aliphatic rings. The van der Waals surface area contributed by atoms with Crippen molar-refractivity contribution in [3.63, 3.8) is 0 Å². The van der Waals surface area contributed by atoms with Gasteiger partial charge in [0.25, 0.3) is 0 Å². The highest BCUT2D eigenvalue weighted by Crippen LogP contribution is 2.31. The quantitative estimate of drug-likeness (QED) is 0.908. The fourth-order valence-electron chi connectivity index (χ4n) is 2.76. The molecule has 114 valence electrons. The second kappa shape index (κ2) is 6.31. The van der Waals surface area contributed by atoms with Crippen LogP contribution in [0, 0.1) is 26.6 Å². The van der Waals surface area contributed by atoms with Gasteiger partial charge < -0.3 is 14.5 Å². The van der Waals surface area contributed by atoms with Gasteiger partial charge in [-0.05, 0) is 51.4 Å². The molecule has 0 aliphatic carbocycles. The normalized spacial score (nSPS) is 12.5. The van der Waals surface area contributed by atoms with Gasteiger partial charge in [-0.25, -0.2) is 4.39 Å². The van der Waals surface area contributed by atoms with Crippen molar-refractivity contribution in [1.29, 1.82) is 0 Å². The maximum atomic E-state index is 14.3. The van der Waals surface area contributed by atoms with Gasteiger partial charge in [-0.3, -0.25) is 0 Å². The van der Waals surface area contributed by atoms with Gasteiger partial charge in [0.1, 0.15) is 11.5 Å². The van der Waals surface area contributed by atoms with E-state index in [0.717, 1.165) is 22.6 Å². The molecule has 0 bridgehead atoms. The first-order valence-electron chi connectivity index (χ1n) is 7.04. The smallest absolute Gasteiger partial charge is 0.168 e.